The Morgan fingerprint density at radius 2 is 2.06 bits per heavy atom. The summed E-state index contributed by atoms with van der Waals surface area (Å²) >= 11 is 6.49. The van der Waals surface area contributed by atoms with E-state index in [4.69, 9.17) is 25.8 Å². The molecule has 1 atom stereocenters. The number of rotatable bonds is 4. The molecule has 2 aliphatic heterocycles. The van der Waals surface area contributed by atoms with Crippen molar-refractivity contribution in [1.29, 1.82) is 0 Å². The Labute approximate surface area is 190 Å². The topological polar surface area (TPSA) is 71.5 Å². The summed E-state index contributed by atoms with van der Waals surface area (Å²) in [5.41, 5.74) is 1.33. The van der Waals surface area contributed by atoms with E-state index < -0.39 is 11.9 Å². The van der Waals surface area contributed by atoms with Gasteiger partial charge < -0.3 is 24.2 Å². The maximum Gasteiger partial charge on any atom is 0.407 e. The Hall–Kier alpha value is -2.71. The van der Waals surface area contributed by atoms with Crippen LogP contribution in [0, 0.1) is 5.82 Å². The van der Waals surface area contributed by atoms with E-state index in [1.54, 1.807) is 18.2 Å². The number of carbonyl (C=O) groups is 1. The van der Waals surface area contributed by atoms with Gasteiger partial charge in [0.2, 0.25) is 0 Å². The molecule has 1 saturated carbocycles. The minimum Gasteiger partial charge on any atom is -0.496 e. The van der Waals surface area contributed by atoms with Gasteiger partial charge in [-0.15, -0.1) is 0 Å². The second-order valence-electron chi connectivity index (χ2n) is 8.35. The van der Waals surface area contributed by atoms with Crippen molar-refractivity contribution in [2.45, 2.75) is 31.5 Å². The summed E-state index contributed by atoms with van der Waals surface area (Å²) in [5, 5.41) is 9.70. The first-order valence-corrected chi connectivity index (χ1v) is 11.0. The summed E-state index contributed by atoms with van der Waals surface area (Å²) < 4.78 is 33.6. The van der Waals surface area contributed by atoms with Gasteiger partial charge in [0, 0.05) is 37.3 Å². The summed E-state index contributed by atoms with van der Waals surface area (Å²) in [7, 11) is 1.51. The molecule has 0 radical (unpaired) electrons. The smallest absolute Gasteiger partial charge is 0.407 e. The van der Waals surface area contributed by atoms with Gasteiger partial charge in [0.25, 0.3) is 0 Å². The Balaban J connectivity index is 1.59. The molecule has 1 amide bonds. The molecule has 0 aromatic heterocycles. The fourth-order valence-electron chi connectivity index (χ4n) is 4.37. The van der Waals surface area contributed by atoms with Gasteiger partial charge in [-0.1, -0.05) is 17.7 Å². The Bertz CT molecular complexity index is 1060. The van der Waals surface area contributed by atoms with Gasteiger partial charge in [0.15, 0.2) is 11.6 Å². The molecule has 1 N–H and O–H groups in total. The number of hydrogen-bond acceptors (Lipinski definition) is 5. The molecule has 2 heterocycles. The molecule has 32 heavy (non-hydrogen) atoms. The number of amides is 1. The summed E-state index contributed by atoms with van der Waals surface area (Å²) in [6, 6.07) is 6.84. The van der Waals surface area contributed by atoms with Crippen molar-refractivity contribution in [3.05, 3.63) is 40.7 Å². The maximum atomic E-state index is 16.1. The molecule has 3 aliphatic rings. The Morgan fingerprint density at radius 3 is 2.78 bits per heavy atom. The van der Waals surface area contributed by atoms with Crippen molar-refractivity contribution < 1.29 is 28.5 Å². The summed E-state index contributed by atoms with van der Waals surface area (Å²) in [4.78, 5) is 14.9. The van der Waals surface area contributed by atoms with Gasteiger partial charge in [0.05, 0.1) is 29.8 Å². The average molecular weight is 463 g/mol. The van der Waals surface area contributed by atoms with Crippen LogP contribution in [0.1, 0.15) is 18.4 Å². The van der Waals surface area contributed by atoms with Crippen molar-refractivity contribution in [3.8, 4) is 28.4 Å². The lowest BCUT2D eigenvalue weighted by Gasteiger charge is -2.38. The molecular formula is C23H24ClFN2O5. The number of fused-ring (bicyclic) bond motifs is 2. The number of piperazine rings is 1. The quantitative estimate of drug-likeness (QED) is 0.732. The van der Waals surface area contributed by atoms with Crippen molar-refractivity contribution >= 4 is 17.7 Å². The van der Waals surface area contributed by atoms with Crippen molar-refractivity contribution in [1.82, 2.24) is 9.80 Å². The van der Waals surface area contributed by atoms with E-state index in [-0.39, 0.29) is 30.1 Å². The zero-order valence-electron chi connectivity index (χ0n) is 17.6. The second-order valence-corrected chi connectivity index (χ2v) is 8.76. The lowest BCUT2D eigenvalue weighted by molar-refractivity contribution is 0.0499. The van der Waals surface area contributed by atoms with E-state index in [1.165, 1.54) is 12.0 Å². The number of halogens is 2. The molecule has 1 aliphatic carbocycles. The summed E-state index contributed by atoms with van der Waals surface area (Å²) in [5.74, 6) is 0.474. The SMILES string of the molecule is COc1cccc(Cl)c1-c1c(OC2CC2)cc2c(c1F)OC[C@H]1CN(C(=O)O)CCN1C2. The highest BCUT2D eigenvalue weighted by molar-refractivity contribution is 6.33. The number of ether oxygens (including phenoxy) is 3. The molecule has 0 bridgehead atoms. The minimum atomic E-state index is -0.953. The fraction of sp³-hybridized carbons (Fsp3) is 0.435. The third kappa shape index (κ3) is 3.82. The normalized spacial score (nSPS) is 20.6. The number of carboxylic acid groups (broad SMARTS) is 1. The van der Waals surface area contributed by atoms with Crippen LogP contribution in [0.4, 0.5) is 9.18 Å². The highest BCUT2D eigenvalue weighted by Crippen LogP contribution is 2.48. The van der Waals surface area contributed by atoms with Crippen LogP contribution in [0.25, 0.3) is 11.1 Å². The molecule has 2 fully saturated rings. The van der Waals surface area contributed by atoms with Gasteiger partial charge in [-0.2, -0.15) is 0 Å². The van der Waals surface area contributed by atoms with Gasteiger partial charge in [-0.3, -0.25) is 4.90 Å². The highest BCUT2D eigenvalue weighted by atomic mass is 35.5. The van der Waals surface area contributed by atoms with Crippen LogP contribution in [0.15, 0.2) is 24.3 Å². The van der Waals surface area contributed by atoms with E-state index in [0.29, 0.717) is 53.8 Å². The number of nitrogens with zero attached hydrogens (tertiary/aromatic N) is 2. The van der Waals surface area contributed by atoms with E-state index in [0.717, 1.165) is 12.8 Å². The molecular weight excluding hydrogens is 439 g/mol. The molecule has 7 nitrogen and oxygen atoms in total. The van der Waals surface area contributed by atoms with E-state index in [1.807, 2.05) is 6.07 Å². The molecule has 2 aromatic rings. The zero-order chi connectivity index (χ0) is 22.4. The van der Waals surface area contributed by atoms with Crippen LogP contribution in [0.3, 0.4) is 0 Å². The van der Waals surface area contributed by atoms with Crippen molar-refractivity contribution in [2.24, 2.45) is 0 Å². The van der Waals surface area contributed by atoms with Crippen LogP contribution in [0.5, 0.6) is 17.2 Å². The van der Waals surface area contributed by atoms with Gasteiger partial charge in [-0.25, -0.2) is 9.18 Å². The second kappa shape index (κ2) is 8.33. The first-order chi connectivity index (χ1) is 15.5. The predicted molar refractivity (Wildman–Crippen MR) is 116 cm³/mol. The standard InChI is InChI=1S/C23H24ClFN2O5/c1-30-17-4-2-3-16(24)19(17)20-18(32-15-5-6-15)9-13-10-26-7-8-27(23(28)29)11-14(26)12-31-22(13)21(20)25/h2-4,9,14-15H,5-8,10-12H2,1H3,(H,28,29)/t14-/m1/s1. The molecule has 0 unspecified atom stereocenters. The zero-order valence-corrected chi connectivity index (χ0v) is 18.4. The minimum absolute atomic E-state index is 0.0539. The lowest BCUT2D eigenvalue weighted by Crippen LogP contribution is -2.55. The van der Waals surface area contributed by atoms with E-state index >= 15 is 4.39 Å². The maximum absolute atomic E-state index is 16.1. The number of benzene rings is 2. The molecule has 0 spiro atoms. The summed E-state index contributed by atoms with van der Waals surface area (Å²) in [6.45, 7) is 1.92. The lowest BCUT2D eigenvalue weighted by atomic mass is 9.99. The van der Waals surface area contributed by atoms with Crippen LogP contribution in [0.2, 0.25) is 5.02 Å². The number of methoxy groups -OCH3 is 1. The van der Waals surface area contributed by atoms with Crippen LogP contribution >= 0.6 is 11.6 Å². The van der Waals surface area contributed by atoms with Crippen LogP contribution < -0.4 is 14.2 Å². The predicted octanol–water partition coefficient (Wildman–Crippen LogP) is 4.25. The Morgan fingerprint density at radius 1 is 1.25 bits per heavy atom. The molecule has 9 heteroatoms. The monoisotopic (exact) mass is 462 g/mol. The van der Waals surface area contributed by atoms with Crippen LogP contribution in [-0.4, -0.2) is 66.5 Å². The molecule has 1 saturated heterocycles. The first-order valence-electron chi connectivity index (χ1n) is 10.7. The van der Waals surface area contributed by atoms with Gasteiger partial charge in [0.1, 0.15) is 18.1 Å². The number of hydrogen-bond donors (Lipinski definition) is 1. The largest absolute Gasteiger partial charge is 0.496 e. The van der Waals surface area contributed by atoms with E-state index in [9.17, 15) is 9.90 Å². The molecule has 5 rings (SSSR count). The van der Waals surface area contributed by atoms with Gasteiger partial charge in [-0.05, 0) is 31.0 Å². The third-order valence-electron chi connectivity index (χ3n) is 6.19. The van der Waals surface area contributed by atoms with Crippen molar-refractivity contribution in [2.75, 3.05) is 33.4 Å². The summed E-state index contributed by atoms with van der Waals surface area (Å²) in [6.07, 6.45) is 0.949. The van der Waals surface area contributed by atoms with Crippen LogP contribution in [-0.2, 0) is 6.54 Å². The third-order valence-corrected chi connectivity index (χ3v) is 6.51. The fourth-order valence-corrected chi connectivity index (χ4v) is 4.63. The van der Waals surface area contributed by atoms with Crippen molar-refractivity contribution in [3.63, 3.8) is 0 Å². The Kier molecular flexibility index (Phi) is 5.51. The highest BCUT2D eigenvalue weighted by Gasteiger charge is 2.36. The molecule has 170 valence electrons. The molecule has 2 aromatic carbocycles. The van der Waals surface area contributed by atoms with E-state index in [2.05, 4.69) is 4.90 Å². The van der Waals surface area contributed by atoms with Gasteiger partial charge >= 0.3 is 6.09 Å². The average Bonchev–Trinajstić information content (AvgIpc) is 3.60. The first kappa shape index (κ1) is 21.2.